The van der Waals surface area contributed by atoms with Gasteiger partial charge in [0.05, 0.1) is 11.9 Å². The first-order valence-corrected chi connectivity index (χ1v) is 8.57. The third kappa shape index (κ3) is 6.33. The molecule has 0 radical (unpaired) electrons. The van der Waals surface area contributed by atoms with E-state index in [1.807, 2.05) is 19.0 Å². The van der Waals surface area contributed by atoms with E-state index in [0.29, 0.717) is 23.8 Å². The van der Waals surface area contributed by atoms with Crippen LogP contribution >= 0.6 is 11.6 Å². The van der Waals surface area contributed by atoms with Gasteiger partial charge in [-0.1, -0.05) is 17.7 Å². The summed E-state index contributed by atoms with van der Waals surface area (Å²) in [4.78, 5) is 13.8. The van der Waals surface area contributed by atoms with Crippen LogP contribution < -0.4 is 9.62 Å². The average Bonchev–Trinajstić information content (AvgIpc) is 2.34. The molecule has 0 aliphatic carbocycles. The number of hydrogen-bond acceptors (Lipinski definition) is 4. The number of nitrogens with zero attached hydrogens (tertiary/aromatic N) is 2. The molecule has 0 aliphatic heterocycles. The maximum absolute atomic E-state index is 11.9. The van der Waals surface area contributed by atoms with Gasteiger partial charge in [0.25, 0.3) is 0 Å². The Balaban J connectivity index is 2.79. The lowest BCUT2D eigenvalue weighted by Gasteiger charge is -2.22. The first-order valence-electron chi connectivity index (χ1n) is 6.35. The van der Waals surface area contributed by atoms with Crippen LogP contribution in [0.2, 0.25) is 5.02 Å². The summed E-state index contributed by atoms with van der Waals surface area (Å²) in [6, 6.07) is 6.39. The number of halogens is 1. The van der Waals surface area contributed by atoms with Crippen molar-refractivity contribution in [2.24, 2.45) is 0 Å². The number of anilines is 1. The molecule has 1 amide bonds. The SMILES string of the molecule is CN(C)CCNC(=O)CN(c1cccc(Cl)c1)S(C)(=O)=O. The van der Waals surface area contributed by atoms with Gasteiger partial charge in [-0.3, -0.25) is 9.10 Å². The molecule has 0 spiro atoms. The zero-order chi connectivity index (χ0) is 16.0. The van der Waals surface area contributed by atoms with Crippen LogP contribution in [0.5, 0.6) is 0 Å². The summed E-state index contributed by atoms with van der Waals surface area (Å²) in [6.07, 6.45) is 1.06. The number of nitrogens with one attached hydrogen (secondary N) is 1. The smallest absolute Gasteiger partial charge is 0.240 e. The van der Waals surface area contributed by atoms with Gasteiger partial charge < -0.3 is 10.2 Å². The summed E-state index contributed by atoms with van der Waals surface area (Å²) >= 11 is 5.87. The fraction of sp³-hybridized carbons (Fsp3) is 0.462. The van der Waals surface area contributed by atoms with Crippen LogP contribution in [0.15, 0.2) is 24.3 Å². The third-order valence-corrected chi connectivity index (χ3v) is 4.04. The Hall–Kier alpha value is -1.31. The molecule has 1 rings (SSSR count). The molecule has 118 valence electrons. The van der Waals surface area contributed by atoms with Crippen molar-refractivity contribution >= 4 is 33.2 Å². The van der Waals surface area contributed by atoms with E-state index in [4.69, 9.17) is 11.6 Å². The summed E-state index contributed by atoms with van der Waals surface area (Å²) in [6.45, 7) is 0.868. The quantitative estimate of drug-likeness (QED) is 0.800. The molecule has 21 heavy (non-hydrogen) atoms. The molecular weight excluding hydrogens is 314 g/mol. The molecule has 0 saturated carbocycles. The second kappa shape index (κ2) is 7.63. The van der Waals surface area contributed by atoms with Crippen LogP contribution in [-0.2, 0) is 14.8 Å². The summed E-state index contributed by atoms with van der Waals surface area (Å²) < 4.78 is 24.7. The van der Waals surface area contributed by atoms with Crippen molar-refractivity contribution in [2.45, 2.75) is 0 Å². The normalized spacial score (nSPS) is 11.5. The van der Waals surface area contributed by atoms with Crippen molar-refractivity contribution in [3.8, 4) is 0 Å². The Morgan fingerprint density at radius 2 is 2.00 bits per heavy atom. The molecule has 0 heterocycles. The summed E-state index contributed by atoms with van der Waals surface area (Å²) in [5.74, 6) is -0.359. The van der Waals surface area contributed by atoms with Gasteiger partial charge in [-0.15, -0.1) is 0 Å². The monoisotopic (exact) mass is 333 g/mol. The van der Waals surface area contributed by atoms with Crippen LogP contribution in [0, 0.1) is 0 Å². The van der Waals surface area contributed by atoms with Gasteiger partial charge in [-0.25, -0.2) is 8.42 Å². The molecule has 0 unspecified atom stereocenters. The van der Waals surface area contributed by atoms with Crippen LogP contribution in [0.25, 0.3) is 0 Å². The summed E-state index contributed by atoms with van der Waals surface area (Å²) in [5, 5.41) is 3.09. The van der Waals surface area contributed by atoms with E-state index in [2.05, 4.69) is 5.32 Å². The number of sulfonamides is 1. The van der Waals surface area contributed by atoms with E-state index in [9.17, 15) is 13.2 Å². The molecule has 0 aromatic heterocycles. The fourth-order valence-corrected chi connectivity index (χ4v) is 2.67. The van der Waals surface area contributed by atoms with E-state index in [1.54, 1.807) is 18.2 Å². The Kier molecular flexibility index (Phi) is 6.44. The number of carbonyl (C=O) groups excluding carboxylic acids is 1. The highest BCUT2D eigenvalue weighted by Gasteiger charge is 2.20. The molecule has 0 bridgehead atoms. The average molecular weight is 334 g/mol. The molecule has 0 atom stereocenters. The lowest BCUT2D eigenvalue weighted by Crippen LogP contribution is -2.42. The van der Waals surface area contributed by atoms with E-state index in [0.717, 1.165) is 10.6 Å². The predicted molar refractivity (Wildman–Crippen MR) is 85.2 cm³/mol. The van der Waals surface area contributed by atoms with Crippen molar-refractivity contribution < 1.29 is 13.2 Å². The lowest BCUT2D eigenvalue weighted by molar-refractivity contribution is -0.119. The van der Waals surface area contributed by atoms with Crippen LogP contribution in [-0.4, -0.2) is 59.2 Å². The Morgan fingerprint density at radius 1 is 1.33 bits per heavy atom. The van der Waals surface area contributed by atoms with Crippen LogP contribution in [0.4, 0.5) is 5.69 Å². The van der Waals surface area contributed by atoms with E-state index in [1.165, 1.54) is 6.07 Å². The van der Waals surface area contributed by atoms with Crippen molar-refractivity contribution in [2.75, 3.05) is 44.3 Å². The first-order chi connectivity index (χ1) is 9.70. The summed E-state index contributed by atoms with van der Waals surface area (Å²) in [7, 11) is 0.212. The number of likely N-dealkylation sites (N-methyl/N-ethyl adjacent to an activating group) is 1. The standard InChI is InChI=1S/C13H20ClN3O3S/c1-16(2)8-7-15-13(18)10-17(21(3,19)20)12-6-4-5-11(14)9-12/h4-6,9H,7-8,10H2,1-3H3,(H,15,18). The minimum Gasteiger partial charge on any atom is -0.353 e. The molecule has 0 saturated heterocycles. The van der Waals surface area contributed by atoms with Gasteiger partial charge in [-0.05, 0) is 32.3 Å². The summed E-state index contributed by atoms with van der Waals surface area (Å²) in [5.41, 5.74) is 0.368. The number of benzene rings is 1. The molecule has 6 nitrogen and oxygen atoms in total. The fourth-order valence-electron chi connectivity index (χ4n) is 1.64. The van der Waals surface area contributed by atoms with Gasteiger partial charge in [0.15, 0.2) is 0 Å². The molecule has 1 aromatic carbocycles. The zero-order valence-electron chi connectivity index (χ0n) is 12.3. The van der Waals surface area contributed by atoms with Gasteiger partial charge in [0.1, 0.15) is 6.54 Å². The molecule has 0 fully saturated rings. The highest BCUT2D eigenvalue weighted by atomic mass is 35.5. The second-order valence-corrected chi connectivity index (χ2v) is 7.25. The molecular formula is C13H20ClN3O3S. The van der Waals surface area contributed by atoms with Gasteiger partial charge in [0, 0.05) is 18.1 Å². The minimum absolute atomic E-state index is 0.271. The third-order valence-electron chi connectivity index (χ3n) is 2.66. The molecule has 8 heteroatoms. The van der Waals surface area contributed by atoms with Crippen molar-refractivity contribution in [1.82, 2.24) is 10.2 Å². The maximum atomic E-state index is 11.9. The van der Waals surface area contributed by atoms with Gasteiger partial charge >= 0.3 is 0 Å². The number of carbonyl (C=O) groups is 1. The van der Waals surface area contributed by atoms with Crippen molar-refractivity contribution in [1.29, 1.82) is 0 Å². The number of rotatable bonds is 7. The van der Waals surface area contributed by atoms with Crippen molar-refractivity contribution in [3.05, 3.63) is 29.3 Å². The highest BCUT2D eigenvalue weighted by molar-refractivity contribution is 7.92. The van der Waals surface area contributed by atoms with E-state index < -0.39 is 10.0 Å². The largest absolute Gasteiger partial charge is 0.353 e. The second-order valence-electron chi connectivity index (χ2n) is 4.90. The molecule has 1 aromatic rings. The highest BCUT2D eigenvalue weighted by Crippen LogP contribution is 2.21. The minimum atomic E-state index is -3.57. The number of amides is 1. The zero-order valence-corrected chi connectivity index (χ0v) is 13.9. The van der Waals surface area contributed by atoms with Crippen LogP contribution in [0.1, 0.15) is 0 Å². The maximum Gasteiger partial charge on any atom is 0.240 e. The molecule has 0 aliphatic rings. The first kappa shape index (κ1) is 17.7. The Bertz CT molecular complexity index is 590. The molecule has 1 N–H and O–H groups in total. The Labute approximate surface area is 130 Å². The predicted octanol–water partition coefficient (Wildman–Crippen LogP) is 0.784. The van der Waals surface area contributed by atoms with E-state index >= 15 is 0 Å². The van der Waals surface area contributed by atoms with Crippen molar-refractivity contribution in [3.63, 3.8) is 0 Å². The Morgan fingerprint density at radius 3 is 2.52 bits per heavy atom. The van der Waals surface area contributed by atoms with Gasteiger partial charge in [-0.2, -0.15) is 0 Å². The van der Waals surface area contributed by atoms with E-state index in [-0.39, 0.29) is 12.5 Å². The van der Waals surface area contributed by atoms with Crippen LogP contribution in [0.3, 0.4) is 0 Å². The lowest BCUT2D eigenvalue weighted by atomic mass is 10.3. The topological polar surface area (TPSA) is 69.7 Å². The van der Waals surface area contributed by atoms with Gasteiger partial charge in [0.2, 0.25) is 15.9 Å². The number of hydrogen-bond donors (Lipinski definition) is 1.